The van der Waals surface area contributed by atoms with E-state index in [1.54, 1.807) is 16.4 Å². The van der Waals surface area contributed by atoms with E-state index in [2.05, 4.69) is 27.8 Å². The Hall–Kier alpha value is -1.89. The zero-order valence-electron chi connectivity index (χ0n) is 13.8. The van der Waals surface area contributed by atoms with Gasteiger partial charge in [0.15, 0.2) is 5.82 Å². The van der Waals surface area contributed by atoms with Gasteiger partial charge in [-0.05, 0) is 48.6 Å². The molecule has 0 bridgehead atoms. The second-order valence-electron chi connectivity index (χ2n) is 5.38. The molecule has 0 aliphatic carbocycles. The largest absolute Gasteiger partial charge is 0.345 e. The summed E-state index contributed by atoms with van der Waals surface area (Å²) in [6, 6.07) is 9.39. The molecule has 0 fully saturated rings. The molecule has 6 nitrogen and oxygen atoms in total. The first-order valence-corrected chi connectivity index (χ1v) is 8.94. The highest BCUT2D eigenvalue weighted by atomic mass is 32.2. The normalized spacial score (nSPS) is 13.5. The summed E-state index contributed by atoms with van der Waals surface area (Å²) in [7, 11) is 0. The topological polar surface area (TPSA) is 72.7 Å². The summed E-state index contributed by atoms with van der Waals surface area (Å²) in [6.07, 6.45) is 2.27. The molecule has 0 saturated heterocycles. The highest BCUT2D eigenvalue weighted by molar-refractivity contribution is 8.00. The zero-order valence-corrected chi connectivity index (χ0v) is 14.6. The Morgan fingerprint density at radius 3 is 2.74 bits per heavy atom. The standard InChI is InChI=1S/C16H23N5OS/c1-4-5-11-23-13(3)16(22)17-12(2)15-18-19-20-21(15)14-9-7-6-8-10-14/h6-10,12-13H,4-5,11H2,1-3H3,(H,17,22)/t12-,13-/m0/s1. The molecule has 0 aliphatic rings. The maximum atomic E-state index is 12.3. The highest BCUT2D eigenvalue weighted by Gasteiger charge is 2.20. The Morgan fingerprint density at radius 2 is 2.04 bits per heavy atom. The van der Waals surface area contributed by atoms with E-state index in [0.29, 0.717) is 5.82 Å². The average molecular weight is 333 g/mol. The van der Waals surface area contributed by atoms with Crippen molar-refractivity contribution in [2.75, 3.05) is 5.75 Å². The van der Waals surface area contributed by atoms with E-state index in [0.717, 1.165) is 24.3 Å². The van der Waals surface area contributed by atoms with Crippen molar-refractivity contribution in [3.05, 3.63) is 36.2 Å². The number of tetrazole rings is 1. The van der Waals surface area contributed by atoms with Gasteiger partial charge in [0.05, 0.1) is 17.0 Å². The van der Waals surface area contributed by atoms with Crippen molar-refractivity contribution < 1.29 is 4.79 Å². The van der Waals surface area contributed by atoms with Crippen LogP contribution in [0.3, 0.4) is 0 Å². The van der Waals surface area contributed by atoms with Crippen LogP contribution in [0.4, 0.5) is 0 Å². The van der Waals surface area contributed by atoms with E-state index in [1.165, 1.54) is 0 Å². The average Bonchev–Trinajstić information content (AvgIpc) is 3.05. The first-order chi connectivity index (χ1) is 11.1. The van der Waals surface area contributed by atoms with Crippen molar-refractivity contribution in [3.8, 4) is 5.69 Å². The van der Waals surface area contributed by atoms with Crippen LogP contribution >= 0.6 is 11.8 Å². The van der Waals surface area contributed by atoms with Gasteiger partial charge in [-0.25, -0.2) is 0 Å². The zero-order chi connectivity index (χ0) is 16.7. The van der Waals surface area contributed by atoms with E-state index in [1.807, 2.05) is 44.2 Å². The summed E-state index contributed by atoms with van der Waals surface area (Å²) < 4.78 is 1.65. The highest BCUT2D eigenvalue weighted by Crippen LogP contribution is 2.17. The molecule has 23 heavy (non-hydrogen) atoms. The second-order valence-corrected chi connectivity index (χ2v) is 6.83. The molecule has 0 radical (unpaired) electrons. The Kier molecular flexibility index (Phi) is 6.58. The maximum Gasteiger partial charge on any atom is 0.233 e. The van der Waals surface area contributed by atoms with Crippen LogP contribution in [0.2, 0.25) is 0 Å². The molecule has 7 heteroatoms. The maximum absolute atomic E-state index is 12.3. The van der Waals surface area contributed by atoms with Crippen LogP contribution in [0, 0.1) is 0 Å². The van der Waals surface area contributed by atoms with Gasteiger partial charge in [0.2, 0.25) is 5.91 Å². The van der Waals surface area contributed by atoms with Gasteiger partial charge < -0.3 is 5.32 Å². The van der Waals surface area contributed by atoms with Crippen LogP contribution in [0.15, 0.2) is 30.3 Å². The molecule has 2 rings (SSSR count). The molecule has 1 N–H and O–H groups in total. The first kappa shape index (κ1) is 17.5. The molecular formula is C16H23N5OS. The van der Waals surface area contributed by atoms with Crippen LogP contribution in [0.1, 0.15) is 45.5 Å². The summed E-state index contributed by atoms with van der Waals surface area (Å²) in [5.74, 6) is 1.64. The van der Waals surface area contributed by atoms with E-state index < -0.39 is 0 Å². The molecular weight excluding hydrogens is 310 g/mol. The van der Waals surface area contributed by atoms with Gasteiger partial charge in [0, 0.05) is 0 Å². The van der Waals surface area contributed by atoms with Crippen molar-refractivity contribution in [1.29, 1.82) is 0 Å². The third-order valence-corrected chi connectivity index (χ3v) is 4.71. The van der Waals surface area contributed by atoms with Crippen LogP contribution in [0.5, 0.6) is 0 Å². The number of carbonyl (C=O) groups is 1. The predicted octanol–water partition coefficient (Wildman–Crippen LogP) is 2.76. The Morgan fingerprint density at radius 1 is 1.30 bits per heavy atom. The van der Waals surface area contributed by atoms with Crippen molar-refractivity contribution >= 4 is 17.7 Å². The summed E-state index contributed by atoms with van der Waals surface area (Å²) in [5, 5.41) is 14.7. The number of benzene rings is 1. The number of thioether (sulfide) groups is 1. The number of aromatic nitrogens is 4. The molecule has 1 aromatic carbocycles. The van der Waals surface area contributed by atoms with Crippen LogP contribution in [0.25, 0.3) is 5.69 Å². The minimum atomic E-state index is -0.257. The SMILES string of the molecule is CCCCS[C@@H](C)C(=O)N[C@@H](C)c1nnnn1-c1ccccc1. The quantitative estimate of drug-likeness (QED) is 0.752. The van der Waals surface area contributed by atoms with Crippen LogP contribution < -0.4 is 5.32 Å². The fraction of sp³-hybridized carbons (Fsp3) is 0.500. The number of unbranched alkanes of at least 4 members (excludes halogenated alkanes) is 1. The lowest BCUT2D eigenvalue weighted by molar-refractivity contribution is -0.121. The third kappa shape index (κ3) is 4.79. The third-order valence-electron chi connectivity index (χ3n) is 3.48. The number of hydrogen-bond donors (Lipinski definition) is 1. The summed E-state index contributed by atoms with van der Waals surface area (Å²) in [4.78, 5) is 12.3. The fourth-order valence-electron chi connectivity index (χ4n) is 2.09. The molecule has 0 spiro atoms. The Bertz CT molecular complexity index is 616. The van der Waals surface area contributed by atoms with Crippen LogP contribution in [-0.2, 0) is 4.79 Å². The molecule has 1 amide bonds. The summed E-state index contributed by atoms with van der Waals surface area (Å²) in [6.45, 7) is 5.98. The van der Waals surface area contributed by atoms with Gasteiger partial charge >= 0.3 is 0 Å². The lowest BCUT2D eigenvalue weighted by Crippen LogP contribution is -2.34. The molecule has 2 atom stereocenters. The fourth-order valence-corrected chi connectivity index (χ4v) is 3.12. The number of para-hydroxylation sites is 1. The van der Waals surface area contributed by atoms with E-state index in [9.17, 15) is 4.79 Å². The van der Waals surface area contributed by atoms with Crippen molar-refractivity contribution in [3.63, 3.8) is 0 Å². The number of nitrogens with zero attached hydrogens (tertiary/aromatic N) is 4. The van der Waals surface area contributed by atoms with Crippen molar-refractivity contribution in [2.45, 2.75) is 44.9 Å². The predicted molar refractivity (Wildman–Crippen MR) is 92.5 cm³/mol. The van der Waals surface area contributed by atoms with Gasteiger partial charge in [0.25, 0.3) is 0 Å². The lowest BCUT2D eigenvalue weighted by atomic mass is 10.2. The van der Waals surface area contributed by atoms with Crippen molar-refractivity contribution in [2.24, 2.45) is 0 Å². The lowest BCUT2D eigenvalue weighted by Gasteiger charge is -2.17. The number of amides is 1. The minimum Gasteiger partial charge on any atom is -0.345 e. The van der Waals surface area contributed by atoms with Gasteiger partial charge in [-0.3, -0.25) is 4.79 Å². The molecule has 1 aromatic heterocycles. The van der Waals surface area contributed by atoms with E-state index >= 15 is 0 Å². The van der Waals surface area contributed by atoms with Gasteiger partial charge in [-0.15, -0.1) is 16.9 Å². The first-order valence-electron chi connectivity index (χ1n) is 7.89. The number of rotatable bonds is 8. The number of carbonyl (C=O) groups excluding carboxylic acids is 1. The molecule has 0 saturated carbocycles. The Balaban J connectivity index is 2.00. The monoisotopic (exact) mass is 333 g/mol. The van der Waals surface area contributed by atoms with Crippen LogP contribution in [-0.4, -0.2) is 37.1 Å². The van der Waals surface area contributed by atoms with Gasteiger partial charge in [0.1, 0.15) is 0 Å². The van der Waals surface area contributed by atoms with Crippen molar-refractivity contribution in [1.82, 2.24) is 25.5 Å². The molecule has 0 aliphatic heterocycles. The molecule has 2 aromatic rings. The second kappa shape index (κ2) is 8.67. The molecule has 124 valence electrons. The minimum absolute atomic E-state index is 0.0150. The summed E-state index contributed by atoms with van der Waals surface area (Å²) >= 11 is 1.68. The van der Waals surface area contributed by atoms with E-state index in [-0.39, 0.29) is 17.2 Å². The summed E-state index contributed by atoms with van der Waals surface area (Å²) in [5.41, 5.74) is 0.874. The Labute approximate surface area is 141 Å². The number of nitrogens with one attached hydrogen (secondary N) is 1. The smallest absolute Gasteiger partial charge is 0.233 e. The van der Waals surface area contributed by atoms with Gasteiger partial charge in [-0.2, -0.15) is 4.68 Å². The molecule has 1 heterocycles. The molecule has 0 unspecified atom stereocenters. The van der Waals surface area contributed by atoms with Gasteiger partial charge in [-0.1, -0.05) is 31.5 Å². The van der Waals surface area contributed by atoms with E-state index in [4.69, 9.17) is 0 Å². The number of hydrogen-bond acceptors (Lipinski definition) is 5.